The first-order valence-electron chi connectivity index (χ1n) is 6.37. The molecule has 0 bridgehead atoms. The molecular weight excluding hydrogens is 329 g/mol. The number of fused-ring (bicyclic) bond motifs is 1. The third-order valence-corrected chi connectivity index (χ3v) is 4.50. The van der Waals surface area contributed by atoms with Gasteiger partial charge in [0.2, 0.25) is 0 Å². The van der Waals surface area contributed by atoms with Crippen molar-refractivity contribution in [2.45, 2.75) is 5.37 Å². The Labute approximate surface area is 135 Å². The van der Waals surface area contributed by atoms with Crippen molar-refractivity contribution in [2.75, 3.05) is 11.2 Å². The van der Waals surface area contributed by atoms with Gasteiger partial charge < -0.3 is 4.90 Å². The number of benzene rings is 2. The highest BCUT2D eigenvalue weighted by Crippen LogP contribution is 2.42. The predicted molar refractivity (Wildman–Crippen MR) is 87.6 cm³/mol. The Morgan fingerprint density at radius 3 is 2.55 bits per heavy atom. The number of halogens is 3. The van der Waals surface area contributed by atoms with Crippen molar-refractivity contribution in [3.8, 4) is 0 Å². The maximum absolute atomic E-state index is 14.2. The molecule has 1 heterocycles. The van der Waals surface area contributed by atoms with E-state index >= 15 is 0 Å². The van der Waals surface area contributed by atoms with Crippen LogP contribution in [-0.2, 0) is 0 Å². The van der Waals surface area contributed by atoms with Crippen molar-refractivity contribution >= 4 is 40.9 Å². The van der Waals surface area contributed by atoms with Gasteiger partial charge in [-0.3, -0.25) is 0 Å². The molecule has 0 saturated heterocycles. The van der Waals surface area contributed by atoms with Gasteiger partial charge in [0.1, 0.15) is 5.37 Å². The quantitative estimate of drug-likeness (QED) is 0.587. The van der Waals surface area contributed by atoms with Gasteiger partial charge in [0.05, 0.1) is 11.4 Å². The van der Waals surface area contributed by atoms with E-state index in [1.165, 1.54) is 22.7 Å². The molecule has 0 saturated carbocycles. The summed E-state index contributed by atoms with van der Waals surface area (Å²) in [5.74, 6) is -3.98. The molecule has 0 fully saturated rings. The van der Waals surface area contributed by atoms with Gasteiger partial charge in [0.25, 0.3) is 0 Å². The predicted octanol–water partition coefficient (Wildman–Crippen LogP) is 4.90. The molecule has 1 aliphatic heterocycles. The summed E-state index contributed by atoms with van der Waals surface area (Å²) >= 11 is 5.80. The Morgan fingerprint density at radius 1 is 1.09 bits per heavy atom. The van der Waals surface area contributed by atoms with Crippen molar-refractivity contribution in [3.05, 3.63) is 59.4 Å². The number of hydrogen-bond acceptors (Lipinski definition) is 4. The van der Waals surface area contributed by atoms with Crippen LogP contribution in [0, 0.1) is 17.5 Å². The number of rotatable bonds is 1. The van der Waals surface area contributed by atoms with E-state index < -0.39 is 22.8 Å². The fraction of sp³-hybridized carbons (Fsp3) is 0.133. The summed E-state index contributed by atoms with van der Waals surface area (Å²) in [7, 11) is 0. The van der Waals surface area contributed by atoms with E-state index in [2.05, 4.69) is 17.6 Å². The lowest BCUT2D eigenvalue weighted by atomic mass is 10.1. The zero-order valence-electron chi connectivity index (χ0n) is 11.4. The number of para-hydroxylation sites is 1. The molecule has 1 aliphatic rings. The normalized spacial score (nSPS) is 17.2. The number of amidine groups is 1. The van der Waals surface area contributed by atoms with Crippen LogP contribution in [0.5, 0.6) is 0 Å². The second-order valence-corrected chi connectivity index (χ2v) is 5.86. The fourth-order valence-electron chi connectivity index (χ4n) is 2.29. The minimum atomic E-state index is -1.50. The summed E-state index contributed by atoms with van der Waals surface area (Å²) in [6, 6.07) is 9.39. The summed E-state index contributed by atoms with van der Waals surface area (Å²) in [4.78, 5) is 5.89. The molecular formula is C15H11F3N2S2. The largest absolute Gasteiger partial charge is 0.301 e. The molecule has 2 aromatic carbocycles. The van der Waals surface area contributed by atoms with Crippen LogP contribution in [-0.4, -0.2) is 11.4 Å². The highest BCUT2D eigenvalue weighted by Gasteiger charge is 2.31. The van der Waals surface area contributed by atoms with E-state index in [1.54, 1.807) is 6.26 Å². The summed E-state index contributed by atoms with van der Waals surface area (Å²) in [5.41, 5.74) is 1.40. The summed E-state index contributed by atoms with van der Waals surface area (Å²) in [5, 5.41) is -0.0841. The first kappa shape index (κ1) is 15.3. The number of nitrogens with zero attached hydrogens (tertiary/aromatic N) is 2. The van der Waals surface area contributed by atoms with Gasteiger partial charge in [0.15, 0.2) is 22.6 Å². The van der Waals surface area contributed by atoms with E-state index in [-0.39, 0.29) is 5.69 Å². The third kappa shape index (κ3) is 2.38. The van der Waals surface area contributed by atoms with Gasteiger partial charge in [-0.2, -0.15) is 0 Å². The molecule has 114 valence electrons. The summed E-state index contributed by atoms with van der Waals surface area (Å²) < 4.78 is 40.9. The maximum Gasteiger partial charge on any atom is 0.196 e. The van der Waals surface area contributed by atoms with Crippen LogP contribution < -0.4 is 4.90 Å². The highest BCUT2D eigenvalue weighted by molar-refractivity contribution is 8.13. The number of thiol groups is 1. The van der Waals surface area contributed by atoms with Gasteiger partial charge in [-0.05, 0) is 24.5 Å². The van der Waals surface area contributed by atoms with Crippen LogP contribution in [0.4, 0.5) is 24.5 Å². The Kier molecular flexibility index (Phi) is 4.10. The molecule has 0 radical (unpaired) electrons. The number of thioether (sulfide) groups is 1. The molecule has 0 aliphatic carbocycles. The molecule has 1 unspecified atom stereocenters. The third-order valence-electron chi connectivity index (χ3n) is 3.34. The molecule has 1 atom stereocenters. The van der Waals surface area contributed by atoms with Crippen LogP contribution in [0.15, 0.2) is 41.4 Å². The second-order valence-electron chi connectivity index (χ2n) is 4.60. The first-order valence-corrected chi connectivity index (χ1v) is 8.11. The maximum atomic E-state index is 14.2. The van der Waals surface area contributed by atoms with E-state index in [4.69, 9.17) is 0 Å². The van der Waals surface area contributed by atoms with Crippen LogP contribution >= 0.6 is 24.4 Å². The zero-order chi connectivity index (χ0) is 15.9. The smallest absolute Gasteiger partial charge is 0.196 e. The fourth-order valence-corrected chi connectivity index (χ4v) is 3.41. The minimum absolute atomic E-state index is 0.0958. The first-order chi connectivity index (χ1) is 10.5. The Balaban J connectivity index is 2.17. The standard InChI is InChI=1S/C15H11F3N2S2/c1-22-15-19-10-5-3-2-4-8(10)14(21)20(15)11-7-6-9(16)12(17)13(11)18/h2-7,14,21H,1H3. The lowest BCUT2D eigenvalue weighted by Crippen LogP contribution is -2.33. The van der Waals surface area contributed by atoms with Gasteiger partial charge in [-0.25, -0.2) is 18.2 Å². The van der Waals surface area contributed by atoms with Crippen LogP contribution in [0.25, 0.3) is 0 Å². The molecule has 2 aromatic rings. The van der Waals surface area contributed by atoms with E-state index in [0.717, 1.165) is 17.3 Å². The van der Waals surface area contributed by atoms with Crippen LogP contribution in [0.3, 0.4) is 0 Å². The van der Waals surface area contributed by atoms with Crippen molar-refractivity contribution < 1.29 is 13.2 Å². The zero-order valence-corrected chi connectivity index (χ0v) is 13.1. The lowest BCUT2D eigenvalue weighted by Gasteiger charge is -2.35. The number of anilines is 1. The van der Waals surface area contributed by atoms with Gasteiger partial charge >= 0.3 is 0 Å². The molecule has 7 heteroatoms. The lowest BCUT2D eigenvalue weighted by molar-refractivity contribution is 0.447. The van der Waals surface area contributed by atoms with E-state index in [9.17, 15) is 13.2 Å². The van der Waals surface area contributed by atoms with Crippen LogP contribution in [0.2, 0.25) is 0 Å². The van der Waals surface area contributed by atoms with Crippen LogP contribution in [0.1, 0.15) is 10.9 Å². The van der Waals surface area contributed by atoms with Gasteiger partial charge in [0, 0.05) is 5.56 Å². The monoisotopic (exact) mass is 340 g/mol. The Morgan fingerprint density at radius 2 is 1.82 bits per heavy atom. The minimum Gasteiger partial charge on any atom is -0.301 e. The van der Waals surface area contributed by atoms with E-state index in [1.807, 2.05) is 24.3 Å². The summed E-state index contributed by atoms with van der Waals surface area (Å²) in [6.07, 6.45) is 1.78. The summed E-state index contributed by atoms with van der Waals surface area (Å²) in [6.45, 7) is 0. The molecule has 2 nitrogen and oxygen atoms in total. The molecule has 0 aromatic heterocycles. The molecule has 0 amide bonds. The van der Waals surface area contributed by atoms with E-state index in [0.29, 0.717) is 5.17 Å². The average molecular weight is 340 g/mol. The topological polar surface area (TPSA) is 15.6 Å². The highest BCUT2D eigenvalue weighted by atomic mass is 32.2. The molecule has 0 spiro atoms. The van der Waals surface area contributed by atoms with Crippen molar-refractivity contribution in [3.63, 3.8) is 0 Å². The van der Waals surface area contributed by atoms with Gasteiger partial charge in [-0.1, -0.05) is 30.0 Å². The van der Waals surface area contributed by atoms with Crippen molar-refractivity contribution in [1.29, 1.82) is 0 Å². The molecule has 22 heavy (non-hydrogen) atoms. The second kappa shape index (κ2) is 5.89. The van der Waals surface area contributed by atoms with Gasteiger partial charge in [-0.15, -0.1) is 12.6 Å². The number of aliphatic imine (C=N–C) groups is 1. The Hall–Kier alpha value is -1.60. The molecule has 0 N–H and O–H groups in total. The number of hydrogen-bond donors (Lipinski definition) is 1. The van der Waals surface area contributed by atoms with Crippen molar-refractivity contribution in [2.24, 2.45) is 4.99 Å². The van der Waals surface area contributed by atoms with Crippen molar-refractivity contribution in [1.82, 2.24) is 0 Å². The SMILES string of the molecule is CSC1=Nc2ccccc2C(S)N1c1ccc(F)c(F)c1F. The Bertz CT molecular complexity index is 764. The molecule has 3 rings (SSSR count). The average Bonchev–Trinajstić information content (AvgIpc) is 2.53.